The SMILES string of the molecule is O=Cc1c(Br)ccc2scc(CBr)c12. The number of hydrogen-bond acceptors (Lipinski definition) is 2. The second-order valence-electron chi connectivity index (χ2n) is 2.85. The lowest BCUT2D eigenvalue weighted by Gasteiger charge is -2.00. The van der Waals surface area contributed by atoms with Gasteiger partial charge >= 0.3 is 0 Å². The van der Waals surface area contributed by atoms with E-state index in [1.807, 2.05) is 12.1 Å². The van der Waals surface area contributed by atoms with E-state index in [-0.39, 0.29) is 0 Å². The Bertz CT molecular complexity index is 490. The highest BCUT2D eigenvalue weighted by atomic mass is 79.9. The van der Waals surface area contributed by atoms with Crippen LogP contribution in [-0.4, -0.2) is 6.29 Å². The van der Waals surface area contributed by atoms with E-state index < -0.39 is 0 Å². The molecule has 72 valence electrons. The van der Waals surface area contributed by atoms with Gasteiger partial charge < -0.3 is 0 Å². The van der Waals surface area contributed by atoms with Crippen molar-refractivity contribution >= 4 is 59.6 Å². The largest absolute Gasteiger partial charge is 0.298 e. The maximum Gasteiger partial charge on any atom is 0.151 e. The highest BCUT2D eigenvalue weighted by Gasteiger charge is 2.10. The van der Waals surface area contributed by atoms with E-state index in [9.17, 15) is 4.79 Å². The molecule has 0 aliphatic carbocycles. The van der Waals surface area contributed by atoms with Crippen molar-refractivity contribution in [2.75, 3.05) is 0 Å². The summed E-state index contributed by atoms with van der Waals surface area (Å²) in [6.07, 6.45) is 0.908. The summed E-state index contributed by atoms with van der Waals surface area (Å²) >= 11 is 8.47. The fourth-order valence-corrected chi connectivity index (χ4v) is 3.47. The molecule has 0 fully saturated rings. The Morgan fingerprint density at radius 1 is 1.43 bits per heavy atom. The Hall–Kier alpha value is -0.190. The summed E-state index contributed by atoms with van der Waals surface area (Å²) in [6, 6.07) is 3.95. The van der Waals surface area contributed by atoms with Crippen LogP contribution in [0.15, 0.2) is 22.0 Å². The van der Waals surface area contributed by atoms with Crippen LogP contribution in [0.4, 0.5) is 0 Å². The second kappa shape index (κ2) is 4.13. The summed E-state index contributed by atoms with van der Waals surface area (Å²) in [4.78, 5) is 11.0. The van der Waals surface area contributed by atoms with Crippen LogP contribution in [0.1, 0.15) is 15.9 Å². The number of alkyl halides is 1. The van der Waals surface area contributed by atoms with Crippen molar-refractivity contribution in [3.05, 3.63) is 33.1 Å². The van der Waals surface area contributed by atoms with E-state index >= 15 is 0 Å². The van der Waals surface area contributed by atoms with Gasteiger partial charge in [-0.15, -0.1) is 11.3 Å². The van der Waals surface area contributed by atoms with E-state index in [0.717, 1.165) is 31.7 Å². The number of benzene rings is 1. The van der Waals surface area contributed by atoms with Gasteiger partial charge in [0.25, 0.3) is 0 Å². The molecule has 0 aliphatic rings. The molecule has 0 bridgehead atoms. The maximum absolute atomic E-state index is 11.0. The Morgan fingerprint density at radius 3 is 2.86 bits per heavy atom. The molecular formula is C10H6Br2OS. The van der Waals surface area contributed by atoms with Gasteiger partial charge in [-0.25, -0.2) is 0 Å². The highest BCUT2D eigenvalue weighted by Crippen LogP contribution is 2.33. The number of carbonyl (C=O) groups excluding carboxylic acids is 1. The minimum atomic E-state index is 0.748. The Kier molecular flexibility index (Phi) is 3.04. The zero-order valence-corrected chi connectivity index (χ0v) is 11.1. The van der Waals surface area contributed by atoms with Crippen LogP contribution in [-0.2, 0) is 5.33 Å². The molecule has 1 aromatic heterocycles. The van der Waals surface area contributed by atoms with Crippen LogP contribution in [0.25, 0.3) is 10.1 Å². The van der Waals surface area contributed by atoms with Gasteiger partial charge in [0, 0.05) is 25.5 Å². The summed E-state index contributed by atoms with van der Waals surface area (Å²) in [5, 5.41) is 3.93. The molecule has 0 saturated heterocycles. The topological polar surface area (TPSA) is 17.1 Å². The Balaban J connectivity index is 2.88. The highest BCUT2D eigenvalue weighted by molar-refractivity contribution is 9.10. The molecule has 2 aromatic rings. The minimum Gasteiger partial charge on any atom is -0.298 e. The molecule has 2 rings (SSSR count). The van der Waals surface area contributed by atoms with Crippen molar-refractivity contribution in [3.8, 4) is 0 Å². The molecule has 1 nitrogen and oxygen atoms in total. The normalized spacial score (nSPS) is 10.7. The molecular weight excluding hydrogens is 328 g/mol. The minimum absolute atomic E-state index is 0.748. The number of thiophene rings is 1. The van der Waals surface area contributed by atoms with Crippen LogP contribution in [0, 0.1) is 0 Å². The van der Waals surface area contributed by atoms with Crippen LogP contribution >= 0.6 is 43.2 Å². The number of halogens is 2. The lowest BCUT2D eigenvalue weighted by molar-refractivity contribution is 0.112. The van der Waals surface area contributed by atoms with E-state index in [0.29, 0.717) is 0 Å². The third-order valence-electron chi connectivity index (χ3n) is 2.07. The quantitative estimate of drug-likeness (QED) is 0.589. The summed E-state index contributed by atoms with van der Waals surface area (Å²) in [5.41, 5.74) is 1.92. The first kappa shape index (κ1) is 10.3. The molecule has 0 radical (unpaired) electrons. The van der Waals surface area contributed by atoms with Gasteiger partial charge in [0.15, 0.2) is 6.29 Å². The first-order valence-corrected chi connectivity index (χ1v) is 6.77. The Labute approximate surface area is 102 Å². The van der Waals surface area contributed by atoms with Crippen LogP contribution in [0.5, 0.6) is 0 Å². The van der Waals surface area contributed by atoms with Crippen molar-refractivity contribution in [1.29, 1.82) is 0 Å². The lowest BCUT2D eigenvalue weighted by Crippen LogP contribution is -1.85. The van der Waals surface area contributed by atoms with Crippen LogP contribution in [0.2, 0.25) is 0 Å². The van der Waals surface area contributed by atoms with Crippen molar-refractivity contribution in [1.82, 2.24) is 0 Å². The molecule has 0 unspecified atom stereocenters. The lowest BCUT2D eigenvalue weighted by atomic mass is 10.1. The zero-order valence-electron chi connectivity index (χ0n) is 7.09. The number of hydrogen-bond donors (Lipinski definition) is 0. The van der Waals surface area contributed by atoms with Gasteiger partial charge in [0.1, 0.15) is 0 Å². The van der Waals surface area contributed by atoms with E-state index in [1.165, 1.54) is 5.56 Å². The first-order valence-electron chi connectivity index (χ1n) is 3.97. The molecule has 0 atom stereocenters. The summed E-state index contributed by atoms with van der Waals surface area (Å²) in [5.74, 6) is 0. The standard InChI is InChI=1S/C10H6Br2OS/c11-3-6-5-14-9-2-1-8(12)7(4-13)10(6)9/h1-2,4-5H,3H2. The molecule has 1 heterocycles. The van der Waals surface area contributed by atoms with Crippen LogP contribution < -0.4 is 0 Å². The molecule has 4 heteroatoms. The summed E-state index contributed by atoms with van der Waals surface area (Å²) in [7, 11) is 0. The van der Waals surface area contributed by atoms with Crippen LogP contribution in [0.3, 0.4) is 0 Å². The number of fused-ring (bicyclic) bond motifs is 1. The molecule has 14 heavy (non-hydrogen) atoms. The van der Waals surface area contributed by atoms with Gasteiger partial charge in [-0.1, -0.05) is 31.9 Å². The predicted octanol–water partition coefficient (Wildman–Crippen LogP) is 4.37. The van der Waals surface area contributed by atoms with Gasteiger partial charge in [-0.2, -0.15) is 0 Å². The number of rotatable bonds is 2. The summed E-state index contributed by atoms with van der Waals surface area (Å²) in [6.45, 7) is 0. The smallest absolute Gasteiger partial charge is 0.151 e. The monoisotopic (exact) mass is 332 g/mol. The molecule has 0 N–H and O–H groups in total. The van der Waals surface area contributed by atoms with E-state index in [4.69, 9.17) is 0 Å². The average Bonchev–Trinajstić information content (AvgIpc) is 2.61. The fourth-order valence-electron chi connectivity index (χ4n) is 1.41. The van der Waals surface area contributed by atoms with Crippen molar-refractivity contribution < 1.29 is 4.79 Å². The average molecular weight is 334 g/mol. The maximum atomic E-state index is 11.0. The van der Waals surface area contributed by atoms with Gasteiger partial charge in [0.2, 0.25) is 0 Å². The van der Waals surface area contributed by atoms with E-state index in [2.05, 4.69) is 37.2 Å². The fraction of sp³-hybridized carbons (Fsp3) is 0.100. The third kappa shape index (κ3) is 1.55. The van der Waals surface area contributed by atoms with Gasteiger partial charge in [-0.3, -0.25) is 4.79 Å². The third-order valence-corrected chi connectivity index (χ3v) is 4.36. The van der Waals surface area contributed by atoms with Gasteiger partial charge in [-0.05, 0) is 23.1 Å². The van der Waals surface area contributed by atoms with Crippen molar-refractivity contribution in [2.24, 2.45) is 0 Å². The summed E-state index contributed by atoms with van der Waals surface area (Å²) < 4.78 is 2.02. The predicted molar refractivity (Wildman–Crippen MR) is 67.5 cm³/mol. The Morgan fingerprint density at radius 2 is 2.21 bits per heavy atom. The molecule has 0 aliphatic heterocycles. The van der Waals surface area contributed by atoms with Crippen molar-refractivity contribution in [2.45, 2.75) is 5.33 Å². The number of carbonyl (C=O) groups is 1. The molecule has 0 amide bonds. The molecule has 0 spiro atoms. The number of aldehydes is 1. The molecule has 0 saturated carbocycles. The van der Waals surface area contributed by atoms with E-state index in [1.54, 1.807) is 11.3 Å². The zero-order chi connectivity index (χ0) is 10.1. The van der Waals surface area contributed by atoms with Gasteiger partial charge in [0.05, 0.1) is 0 Å². The first-order chi connectivity index (χ1) is 6.77. The molecule has 1 aromatic carbocycles. The van der Waals surface area contributed by atoms with Crippen molar-refractivity contribution in [3.63, 3.8) is 0 Å². The second-order valence-corrected chi connectivity index (χ2v) is 5.17.